The molecule has 0 aliphatic rings. The van der Waals surface area contributed by atoms with Crippen molar-refractivity contribution in [2.75, 3.05) is 0 Å². The third-order valence-electron chi connectivity index (χ3n) is 3.28. The molecule has 0 saturated heterocycles. The zero-order valence-corrected chi connectivity index (χ0v) is 13.3. The summed E-state index contributed by atoms with van der Waals surface area (Å²) in [6.45, 7) is 3.90. The van der Waals surface area contributed by atoms with Crippen molar-refractivity contribution < 1.29 is 4.92 Å². The SMILES string of the molecule is Cc1ccccc1-n1c(C)nnc1Sc1ccc([N+](=O)[O-])cn1. The van der Waals surface area contributed by atoms with Crippen LogP contribution in [0.15, 0.2) is 52.8 Å². The van der Waals surface area contributed by atoms with Gasteiger partial charge in [0.05, 0.1) is 10.6 Å². The van der Waals surface area contributed by atoms with Gasteiger partial charge in [0.1, 0.15) is 17.0 Å². The van der Waals surface area contributed by atoms with Gasteiger partial charge in [0.25, 0.3) is 5.69 Å². The van der Waals surface area contributed by atoms with Gasteiger partial charge in [-0.2, -0.15) is 0 Å². The molecule has 0 saturated carbocycles. The lowest BCUT2D eigenvalue weighted by Gasteiger charge is -2.10. The first-order valence-electron chi connectivity index (χ1n) is 6.82. The maximum absolute atomic E-state index is 10.7. The smallest absolute Gasteiger partial charge is 0.274 e. The summed E-state index contributed by atoms with van der Waals surface area (Å²) in [5, 5.41) is 20.3. The van der Waals surface area contributed by atoms with Crippen molar-refractivity contribution in [3.8, 4) is 5.69 Å². The number of hydrogen-bond donors (Lipinski definition) is 0. The van der Waals surface area contributed by atoms with Crippen molar-refractivity contribution >= 4 is 17.4 Å². The predicted octanol–water partition coefficient (Wildman–Crippen LogP) is 3.34. The van der Waals surface area contributed by atoms with Gasteiger partial charge in [-0.15, -0.1) is 10.2 Å². The van der Waals surface area contributed by atoms with E-state index in [-0.39, 0.29) is 5.69 Å². The lowest BCUT2D eigenvalue weighted by atomic mass is 10.2. The summed E-state index contributed by atoms with van der Waals surface area (Å²) in [7, 11) is 0. The maximum atomic E-state index is 10.7. The van der Waals surface area contributed by atoms with Crippen LogP contribution >= 0.6 is 11.8 Å². The highest BCUT2D eigenvalue weighted by atomic mass is 32.2. The van der Waals surface area contributed by atoms with E-state index in [2.05, 4.69) is 15.2 Å². The van der Waals surface area contributed by atoms with Crippen LogP contribution in [0.2, 0.25) is 0 Å². The van der Waals surface area contributed by atoms with Gasteiger partial charge in [0, 0.05) is 6.07 Å². The fourth-order valence-corrected chi connectivity index (χ4v) is 2.97. The summed E-state index contributed by atoms with van der Waals surface area (Å²) in [5.41, 5.74) is 2.07. The van der Waals surface area contributed by atoms with Crippen molar-refractivity contribution in [2.24, 2.45) is 0 Å². The molecule has 0 amide bonds. The van der Waals surface area contributed by atoms with E-state index in [9.17, 15) is 10.1 Å². The van der Waals surface area contributed by atoms with Gasteiger partial charge < -0.3 is 0 Å². The summed E-state index contributed by atoms with van der Waals surface area (Å²) in [6, 6.07) is 11.0. The molecule has 0 unspecified atom stereocenters. The first-order chi connectivity index (χ1) is 11.1. The average molecular weight is 327 g/mol. The third-order valence-corrected chi connectivity index (χ3v) is 4.18. The molecule has 0 fully saturated rings. The van der Waals surface area contributed by atoms with E-state index in [4.69, 9.17) is 0 Å². The fraction of sp³-hybridized carbons (Fsp3) is 0.133. The summed E-state index contributed by atoms with van der Waals surface area (Å²) in [4.78, 5) is 14.3. The molecule has 7 nitrogen and oxygen atoms in total. The molecule has 2 aromatic heterocycles. The van der Waals surface area contributed by atoms with Crippen LogP contribution in [0.4, 0.5) is 5.69 Å². The third kappa shape index (κ3) is 3.07. The normalized spacial score (nSPS) is 10.7. The Balaban J connectivity index is 1.96. The molecule has 3 aromatic rings. The van der Waals surface area contributed by atoms with Crippen LogP contribution in [0.25, 0.3) is 5.69 Å². The largest absolute Gasteiger partial charge is 0.287 e. The molecule has 0 spiro atoms. The quantitative estimate of drug-likeness (QED) is 0.539. The molecule has 23 heavy (non-hydrogen) atoms. The topological polar surface area (TPSA) is 86.7 Å². The Hall–Kier alpha value is -2.74. The van der Waals surface area contributed by atoms with E-state index < -0.39 is 4.92 Å². The van der Waals surface area contributed by atoms with Crippen molar-refractivity contribution in [1.29, 1.82) is 0 Å². The molecule has 0 aliphatic carbocycles. The zero-order chi connectivity index (χ0) is 16.4. The van der Waals surface area contributed by atoms with Crippen LogP contribution < -0.4 is 0 Å². The minimum atomic E-state index is -0.471. The van der Waals surface area contributed by atoms with E-state index in [1.165, 1.54) is 24.0 Å². The summed E-state index contributed by atoms with van der Waals surface area (Å²) in [5.74, 6) is 0.767. The number of aromatic nitrogens is 4. The minimum absolute atomic E-state index is 0.0362. The fourth-order valence-electron chi connectivity index (χ4n) is 2.14. The standard InChI is InChI=1S/C15H13N5O2S/c1-10-5-3-4-6-13(10)19-11(2)17-18-15(19)23-14-8-7-12(9-16-14)20(21)22/h3-9H,1-2H3. The van der Waals surface area contributed by atoms with Crippen molar-refractivity contribution in [3.63, 3.8) is 0 Å². The molecule has 0 aliphatic heterocycles. The highest BCUT2D eigenvalue weighted by Gasteiger charge is 2.15. The number of aryl methyl sites for hydroxylation is 2. The average Bonchev–Trinajstić information content (AvgIpc) is 2.89. The van der Waals surface area contributed by atoms with E-state index in [1.54, 1.807) is 6.07 Å². The number of nitro groups is 1. The highest BCUT2D eigenvalue weighted by Crippen LogP contribution is 2.29. The van der Waals surface area contributed by atoms with Crippen LogP contribution in [0.5, 0.6) is 0 Å². The summed E-state index contributed by atoms with van der Waals surface area (Å²) in [6.07, 6.45) is 1.24. The molecular formula is C15H13N5O2S. The van der Waals surface area contributed by atoms with E-state index in [0.29, 0.717) is 10.2 Å². The maximum Gasteiger partial charge on any atom is 0.287 e. The second-order valence-corrected chi connectivity index (χ2v) is 5.85. The lowest BCUT2D eigenvalue weighted by Crippen LogP contribution is -2.01. The molecule has 116 valence electrons. The van der Waals surface area contributed by atoms with E-state index in [1.807, 2.05) is 42.7 Å². The first-order valence-corrected chi connectivity index (χ1v) is 7.64. The van der Waals surface area contributed by atoms with Gasteiger partial charge in [-0.25, -0.2) is 4.98 Å². The Bertz CT molecular complexity index is 861. The number of pyridine rings is 1. The molecule has 1 aromatic carbocycles. The molecule has 0 bridgehead atoms. The Morgan fingerprint density at radius 2 is 1.91 bits per heavy atom. The van der Waals surface area contributed by atoms with Gasteiger partial charge in [0.2, 0.25) is 5.16 Å². The number of rotatable bonds is 4. The van der Waals surface area contributed by atoms with Gasteiger partial charge in [-0.1, -0.05) is 18.2 Å². The summed E-state index contributed by atoms with van der Waals surface area (Å²) >= 11 is 1.31. The van der Waals surface area contributed by atoms with Crippen molar-refractivity contribution in [2.45, 2.75) is 24.0 Å². The van der Waals surface area contributed by atoms with Crippen LogP contribution in [-0.2, 0) is 0 Å². The molecule has 0 atom stereocenters. The summed E-state index contributed by atoms with van der Waals surface area (Å²) < 4.78 is 1.95. The number of benzene rings is 1. The first kappa shape index (κ1) is 15.2. The zero-order valence-electron chi connectivity index (χ0n) is 12.5. The molecule has 0 N–H and O–H groups in total. The lowest BCUT2D eigenvalue weighted by molar-refractivity contribution is -0.385. The minimum Gasteiger partial charge on any atom is -0.274 e. The van der Waals surface area contributed by atoms with E-state index in [0.717, 1.165) is 17.1 Å². The van der Waals surface area contributed by atoms with Crippen LogP contribution in [0, 0.1) is 24.0 Å². The van der Waals surface area contributed by atoms with Gasteiger partial charge in [-0.05, 0) is 43.3 Å². The van der Waals surface area contributed by atoms with Crippen molar-refractivity contribution in [3.05, 3.63) is 64.1 Å². The van der Waals surface area contributed by atoms with Crippen molar-refractivity contribution in [1.82, 2.24) is 19.7 Å². The van der Waals surface area contributed by atoms with Crippen LogP contribution in [-0.4, -0.2) is 24.7 Å². The molecule has 2 heterocycles. The Labute approximate surface area is 136 Å². The van der Waals surface area contributed by atoms with Crippen LogP contribution in [0.1, 0.15) is 11.4 Å². The van der Waals surface area contributed by atoms with Crippen LogP contribution in [0.3, 0.4) is 0 Å². The number of para-hydroxylation sites is 1. The second kappa shape index (κ2) is 6.17. The molecule has 8 heteroatoms. The van der Waals surface area contributed by atoms with Gasteiger partial charge >= 0.3 is 0 Å². The molecule has 0 radical (unpaired) electrons. The number of hydrogen-bond acceptors (Lipinski definition) is 6. The number of nitrogens with zero attached hydrogens (tertiary/aromatic N) is 5. The van der Waals surface area contributed by atoms with E-state index >= 15 is 0 Å². The van der Waals surface area contributed by atoms with Gasteiger partial charge in [0.15, 0.2) is 0 Å². The second-order valence-electron chi connectivity index (χ2n) is 4.87. The highest BCUT2D eigenvalue weighted by molar-refractivity contribution is 7.99. The predicted molar refractivity (Wildman–Crippen MR) is 85.8 cm³/mol. The molecular weight excluding hydrogens is 314 g/mol. The Morgan fingerprint density at radius 1 is 1.13 bits per heavy atom. The Morgan fingerprint density at radius 3 is 2.57 bits per heavy atom. The molecule has 3 rings (SSSR count). The van der Waals surface area contributed by atoms with Gasteiger partial charge in [-0.3, -0.25) is 14.7 Å². The Kier molecular flexibility index (Phi) is 4.07. The monoisotopic (exact) mass is 327 g/mol.